The first-order chi connectivity index (χ1) is 10.2. The number of carbonyl (C=O) groups is 1. The fourth-order valence-electron chi connectivity index (χ4n) is 2.85. The molecule has 3 N–H and O–H groups in total. The van der Waals surface area contributed by atoms with Crippen LogP contribution in [-0.4, -0.2) is 34.4 Å². The fraction of sp³-hybridized carbons (Fsp3) is 0.400. The molecule has 1 aromatic heterocycles. The first kappa shape index (κ1) is 13.6. The molecule has 1 fully saturated rings. The van der Waals surface area contributed by atoms with Crippen LogP contribution in [0.25, 0.3) is 11.3 Å². The number of hydrogen-bond donors (Lipinski definition) is 2. The molecule has 0 radical (unpaired) electrons. The van der Waals surface area contributed by atoms with E-state index < -0.39 is 5.91 Å². The third kappa shape index (κ3) is 2.61. The smallest absolute Gasteiger partial charge is 0.271 e. The Kier molecular flexibility index (Phi) is 3.60. The van der Waals surface area contributed by atoms with E-state index >= 15 is 0 Å². The monoisotopic (exact) mass is 285 g/mol. The van der Waals surface area contributed by atoms with Gasteiger partial charge in [0.15, 0.2) is 5.69 Å². The van der Waals surface area contributed by atoms with Gasteiger partial charge >= 0.3 is 0 Å². The van der Waals surface area contributed by atoms with Gasteiger partial charge in [0, 0.05) is 24.3 Å². The van der Waals surface area contributed by atoms with E-state index in [1.54, 1.807) is 0 Å². The lowest BCUT2D eigenvalue weighted by atomic mass is 10.0. The maximum absolute atomic E-state index is 11.4. The zero-order chi connectivity index (χ0) is 14.8. The number of aromatic amines is 1. The van der Waals surface area contributed by atoms with Crippen molar-refractivity contribution in [2.24, 2.45) is 5.73 Å². The predicted molar refractivity (Wildman–Crippen MR) is 81.1 cm³/mol. The highest BCUT2D eigenvalue weighted by Gasteiger charge is 2.18. The Morgan fingerprint density at radius 1 is 1.24 bits per heavy atom. The van der Waals surface area contributed by atoms with E-state index in [9.17, 15) is 4.79 Å². The SMILES string of the molecule is Cc1cc(N2CCCCC2)ccc1-c1n[nH]nc1C(N)=O. The summed E-state index contributed by atoms with van der Waals surface area (Å²) in [6, 6.07) is 6.21. The van der Waals surface area contributed by atoms with Crippen molar-refractivity contribution in [1.82, 2.24) is 15.4 Å². The van der Waals surface area contributed by atoms with Crippen LogP contribution in [0.15, 0.2) is 18.2 Å². The van der Waals surface area contributed by atoms with E-state index in [1.165, 1.54) is 24.9 Å². The number of piperidine rings is 1. The molecule has 21 heavy (non-hydrogen) atoms. The number of benzene rings is 1. The number of primary amides is 1. The van der Waals surface area contributed by atoms with Crippen LogP contribution in [0.5, 0.6) is 0 Å². The Morgan fingerprint density at radius 2 is 2.00 bits per heavy atom. The van der Waals surface area contributed by atoms with Crippen LogP contribution >= 0.6 is 0 Å². The first-order valence-corrected chi connectivity index (χ1v) is 7.23. The number of H-pyrrole nitrogens is 1. The van der Waals surface area contributed by atoms with Crippen LogP contribution in [0.3, 0.4) is 0 Å². The van der Waals surface area contributed by atoms with E-state index in [-0.39, 0.29) is 5.69 Å². The average Bonchev–Trinajstić information content (AvgIpc) is 2.97. The zero-order valence-electron chi connectivity index (χ0n) is 12.1. The number of amides is 1. The van der Waals surface area contributed by atoms with E-state index in [1.807, 2.05) is 13.0 Å². The molecule has 1 aromatic carbocycles. The molecule has 0 spiro atoms. The number of aromatic nitrogens is 3. The number of anilines is 1. The van der Waals surface area contributed by atoms with Crippen LogP contribution in [0.2, 0.25) is 0 Å². The van der Waals surface area contributed by atoms with Crippen LogP contribution in [0.1, 0.15) is 35.3 Å². The summed E-state index contributed by atoms with van der Waals surface area (Å²) in [5, 5.41) is 10.4. The summed E-state index contributed by atoms with van der Waals surface area (Å²) < 4.78 is 0. The topological polar surface area (TPSA) is 87.9 Å². The second-order valence-electron chi connectivity index (χ2n) is 5.43. The molecule has 2 aromatic rings. The molecular weight excluding hydrogens is 266 g/mol. The summed E-state index contributed by atoms with van der Waals surface area (Å²) in [5.74, 6) is -0.571. The molecule has 0 atom stereocenters. The minimum absolute atomic E-state index is 0.184. The van der Waals surface area contributed by atoms with Crippen molar-refractivity contribution in [2.75, 3.05) is 18.0 Å². The minimum Gasteiger partial charge on any atom is -0.372 e. The van der Waals surface area contributed by atoms with Crippen LogP contribution in [-0.2, 0) is 0 Å². The lowest BCUT2D eigenvalue weighted by Gasteiger charge is -2.29. The fourth-order valence-corrected chi connectivity index (χ4v) is 2.85. The molecule has 3 rings (SSSR count). The number of nitrogens with zero attached hydrogens (tertiary/aromatic N) is 3. The molecule has 0 bridgehead atoms. The van der Waals surface area contributed by atoms with Crippen LogP contribution < -0.4 is 10.6 Å². The lowest BCUT2D eigenvalue weighted by molar-refractivity contribution is 0.0996. The average molecular weight is 285 g/mol. The van der Waals surface area contributed by atoms with Gasteiger partial charge in [-0.3, -0.25) is 4.79 Å². The molecule has 0 aliphatic carbocycles. The van der Waals surface area contributed by atoms with Gasteiger partial charge in [0.2, 0.25) is 0 Å². The van der Waals surface area contributed by atoms with E-state index in [4.69, 9.17) is 5.73 Å². The molecule has 1 aliphatic heterocycles. The van der Waals surface area contributed by atoms with Gasteiger partial charge in [0.05, 0.1) is 0 Å². The summed E-state index contributed by atoms with van der Waals surface area (Å²) in [6.07, 6.45) is 3.81. The first-order valence-electron chi connectivity index (χ1n) is 7.23. The highest BCUT2D eigenvalue weighted by Crippen LogP contribution is 2.28. The van der Waals surface area contributed by atoms with Crippen LogP contribution in [0, 0.1) is 6.92 Å². The number of aryl methyl sites for hydroxylation is 1. The maximum atomic E-state index is 11.4. The third-order valence-corrected chi connectivity index (χ3v) is 3.97. The van der Waals surface area contributed by atoms with Gasteiger partial charge < -0.3 is 10.6 Å². The number of nitrogens with one attached hydrogen (secondary N) is 1. The van der Waals surface area contributed by atoms with Crippen molar-refractivity contribution in [3.8, 4) is 11.3 Å². The van der Waals surface area contributed by atoms with Crippen molar-refractivity contribution >= 4 is 11.6 Å². The largest absolute Gasteiger partial charge is 0.372 e. The summed E-state index contributed by atoms with van der Waals surface area (Å²) in [7, 11) is 0. The Balaban J connectivity index is 1.94. The Labute approximate surface area is 123 Å². The third-order valence-electron chi connectivity index (χ3n) is 3.97. The summed E-state index contributed by atoms with van der Waals surface area (Å²) in [6.45, 7) is 4.23. The molecule has 1 amide bonds. The van der Waals surface area contributed by atoms with Gasteiger partial charge in [0.1, 0.15) is 5.69 Å². The number of nitrogens with two attached hydrogens (primary N) is 1. The normalized spacial score (nSPS) is 15.2. The summed E-state index contributed by atoms with van der Waals surface area (Å²) >= 11 is 0. The van der Waals surface area contributed by atoms with Gasteiger partial charge in [-0.2, -0.15) is 15.4 Å². The quantitative estimate of drug-likeness (QED) is 0.901. The van der Waals surface area contributed by atoms with Gasteiger partial charge in [-0.05, 0) is 43.9 Å². The van der Waals surface area contributed by atoms with Crippen LogP contribution in [0.4, 0.5) is 5.69 Å². The van der Waals surface area contributed by atoms with Crippen molar-refractivity contribution in [3.05, 3.63) is 29.5 Å². The van der Waals surface area contributed by atoms with Crippen molar-refractivity contribution in [1.29, 1.82) is 0 Å². The highest BCUT2D eigenvalue weighted by atomic mass is 16.1. The Hall–Kier alpha value is -2.37. The Bertz CT molecular complexity index is 658. The molecule has 6 heteroatoms. The molecule has 1 aliphatic rings. The summed E-state index contributed by atoms with van der Waals surface area (Å²) in [5.41, 5.74) is 9.20. The van der Waals surface area contributed by atoms with Gasteiger partial charge in [-0.15, -0.1) is 0 Å². The second kappa shape index (κ2) is 5.55. The number of carbonyl (C=O) groups excluding carboxylic acids is 1. The van der Waals surface area contributed by atoms with Gasteiger partial charge in [0.25, 0.3) is 5.91 Å². The second-order valence-corrected chi connectivity index (χ2v) is 5.43. The standard InChI is InChI=1S/C15H19N5O/c1-10-9-11(20-7-3-2-4-8-20)5-6-12(10)13-14(15(16)21)18-19-17-13/h5-6,9H,2-4,7-8H2,1H3,(H2,16,21)(H,17,18,19). The number of rotatable bonds is 3. The van der Waals surface area contributed by atoms with E-state index in [0.717, 1.165) is 24.2 Å². The maximum Gasteiger partial charge on any atom is 0.271 e. The van der Waals surface area contributed by atoms with Crippen molar-refractivity contribution in [3.63, 3.8) is 0 Å². The predicted octanol–water partition coefficient (Wildman–Crippen LogP) is 1.87. The molecule has 2 heterocycles. The zero-order valence-corrected chi connectivity index (χ0v) is 12.1. The molecule has 6 nitrogen and oxygen atoms in total. The summed E-state index contributed by atoms with van der Waals surface area (Å²) in [4.78, 5) is 13.8. The lowest BCUT2D eigenvalue weighted by Crippen LogP contribution is -2.29. The Morgan fingerprint density at radius 3 is 2.67 bits per heavy atom. The van der Waals surface area contributed by atoms with Crippen molar-refractivity contribution < 1.29 is 4.79 Å². The molecule has 0 unspecified atom stereocenters. The van der Waals surface area contributed by atoms with Gasteiger partial charge in [-0.25, -0.2) is 0 Å². The minimum atomic E-state index is -0.571. The van der Waals surface area contributed by atoms with E-state index in [0.29, 0.717) is 5.69 Å². The molecule has 1 saturated heterocycles. The number of hydrogen-bond acceptors (Lipinski definition) is 4. The highest BCUT2D eigenvalue weighted by molar-refractivity contribution is 5.97. The molecular formula is C15H19N5O. The molecule has 110 valence electrons. The van der Waals surface area contributed by atoms with Gasteiger partial charge in [-0.1, -0.05) is 6.07 Å². The van der Waals surface area contributed by atoms with Crippen molar-refractivity contribution in [2.45, 2.75) is 26.2 Å². The molecule has 0 saturated carbocycles. The van der Waals surface area contributed by atoms with E-state index in [2.05, 4.69) is 32.4 Å².